The van der Waals surface area contributed by atoms with Crippen LogP contribution in [0.2, 0.25) is 0 Å². The van der Waals surface area contributed by atoms with E-state index in [0.29, 0.717) is 17.4 Å². The SMILES string of the molecule is Cc1ccc2[nH]c(=O)n(CCCCn3ccnc3)c(=O)c2c1. The van der Waals surface area contributed by atoms with Crippen LogP contribution in [0, 0.1) is 6.92 Å². The second-order valence-electron chi connectivity index (χ2n) is 5.44. The minimum atomic E-state index is -0.344. The van der Waals surface area contributed by atoms with E-state index in [1.54, 1.807) is 18.6 Å². The molecule has 0 fully saturated rings. The fraction of sp³-hybridized carbons (Fsp3) is 0.312. The summed E-state index contributed by atoms with van der Waals surface area (Å²) in [7, 11) is 0. The van der Waals surface area contributed by atoms with Crippen molar-refractivity contribution in [1.29, 1.82) is 0 Å². The molecule has 0 saturated carbocycles. The van der Waals surface area contributed by atoms with Gasteiger partial charge >= 0.3 is 5.69 Å². The van der Waals surface area contributed by atoms with Crippen LogP contribution >= 0.6 is 0 Å². The number of hydrogen-bond donors (Lipinski definition) is 1. The summed E-state index contributed by atoms with van der Waals surface area (Å²) >= 11 is 0. The molecule has 0 bridgehead atoms. The minimum absolute atomic E-state index is 0.218. The molecule has 0 radical (unpaired) electrons. The Morgan fingerprint density at radius 2 is 2.00 bits per heavy atom. The maximum absolute atomic E-state index is 12.5. The predicted molar refractivity (Wildman–Crippen MR) is 85.0 cm³/mol. The molecule has 22 heavy (non-hydrogen) atoms. The number of fused-ring (bicyclic) bond motifs is 1. The molecule has 0 atom stereocenters. The zero-order valence-corrected chi connectivity index (χ0v) is 12.5. The maximum atomic E-state index is 12.5. The monoisotopic (exact) mass is 298 g/mol. The van der Waals surface area contributed by atoms with Gasteiger partial charge in [0.15, 0.2) is 0 Å². The third kappa shape index (κ3) is 2.86. The molecule has 0 spiro atoms. The fourth-order valence-electron chi connectivity index (χ4n) is 2.55. The average Bonchev–Trinajstić information content (AvgIpc) is 3.00. The molecule has 0 aliphatic carbocycles. The summed E-state index contributed by atoms with van der Waals surface area (Å²) in [6, 6.07) is 5.47. The smallest absolute Gasteiger partial charge is 0.328 e. The molecular weight excluding hydrogens is 280 g/mol. The van der Waals surface area contributed by atoms with Crippen LogP contribution in [-0.4, -0.2) is 19.1 Å². The zero-order chi connectivity index (χ0) is 15.5. The van der Waals surface area contributed by atoms with Gasteiger partial charge in [0.1, 0.15) is 0 Å². The molecule has 0 amide bonds. The number of H-pyrrole nitrogens is 1. The second-order valence-corrected chi connectivity index (χ2v) is 5.44. The fourth-order valence-corrected chi connectivity index (χ4v) is 2.55. The van der Waals surface area contributed by atoms with Crippen LogP contribution in [0.5, 0.6) is 0 Å². The number of imidazole rings is 1. The first-order chi connectivity index (χ1) is 10.6. The van der Waals surface area contributed by atoms with E-state index in [2.05, 4.69) is 9.97 Å². The lowest BCUT2D eigenvalue weighted by molar-refractivity contribution is 0.532. The number of rotatable bonds is 5. The highest BCUT2D eigenvalue weighted by Crippen LogP contribution is 2.08. The Hall–Kier alpha value is -2.63. The number of aryl methyl sites for hydroxylation is 2. The van der Waals surface area contributed by atoms with E-state index in [9.17, 15) is 9.59 Å². The van der Waals surface area contributed by atoms with Crippen molar-refractivity contribution < 1.29 is 0 Å². The average molecular weight is 298 g/mol. The Labute approximate surface area is 127 Å². The van der Waals surface area contributed by atoms with Gasteiger partial charge in [-0.25, -0.2) is 9.78 Å². The maximum Gasteiger partial charge on any atom is 0.328 e. The van der Waals surface area contributed by atoms with Gasteiger partial charge in [-0.15, -0.1) is 0 Å². The molecule has 3 rings (SSSR count). The van der Waals surface area contributed by atoms with Crippen molar-refractivity contribution >= 4 is 10.9 Å². The first-order valence-corrected chi connectivity index (χ1v) is 7.34. The van der Waals surface area contributed by atoms with Crippen molar-refractivity contribution in [2.24, 2.45) is 0 Å². The van der Waals surface area contributed by atoms with Crippen LogP contribution in [-0.2, 0) is 13.1 Å². The summed E-state index contributed by atoms with van der Waals surface area (Å²) < 4.78 is 3.27. The third-order valence-corrected chi connectivity index (χ3v) is 3.74. The first-order valence-electron chi connectivity index (χ1n) is 7.34. The molecule has 114 valence electrons. The molecule has 0 aliphatic rings. The van der Waals surface area contributed by atoms with Gasteiger partial charge in [-0.2, -0.15) is 0 Å². The van der Waals surface area contributed by atoms with Gasteiger partial charge in [0.2, 0.25) is 0 Å². The summed E-state index contributed by atoms with van der Waals surface area (Å²) in [4.78, 5) is 31.3. The van der Waals surface area contributed by atoms with E-state index >= 15 is 0 Å². The van der Waals surface area contributed by atoms with E-state index < -0.39 is 0 Å². The van der Waals surface area contributed by atoms with E-state index in [1.807, 2.05) is 29.8 Å². The summed E-state index contributed by atoms with van der Waals surface area (Å²) in [6.45, 7) is 3.19. The third-order valence-electron chi connectivity index (χ3n) is 3.74. The van der Waals surface area contributed by atoms with Gasteiger partial charge in [-0.05, 0) is 31.9 Å². The Bertz CT molecular complexity index is 891. The minimum Gasteiger partial charge on any atom is -0.337 e. The Balaban J connectivity index is 1.78. The van der Waals surface area contributed by atoms with E-state index in [1.165, 1.54) is 4.57 Å². The van der Waals surface area contributed by atoms with E-state index in [-0.39, 0.29) is 11.2 Å². The molecule has 6 nitrogen and oxygen atoms in total. The molecule has 6 heteroatoms. The molecule has 3 aromatic rings. The molecule has 0 saturated heterocycles. The van der Waals surface area contributed by atoms with Crippen LogP contribution in [0.3, 0.4) is 0 Å². The number of aromatic nitrogens is 4. The van der Waals surface area contributed by atoms with Crippen molar-refractivity contribution in [2.45, 2.75) is 32.9 Å². The van der Waals surface area contributed by atoms with Crippen molar-refractivity contribution in [1.82, 2.24) is 19.1 Å². The van der Waals surface area contributed by atoms with Gasteiger partial charge in [0.25, 0.3) is 5.56 Å². The molecule has 1 aromatic carbocycles. The van der Waals surface area contributed by atoms with E-state index in [4.69, 9.17) is 0 Å². The largest absolute Gasteiger partial charge is 0.337 e. The number of nitrogens with zero attached hydrogens (tertiary/aromatic N) is 3. The van der Waals surface area contributed by atoms with Crippen molar-refractivity contribution in [3.8, 4) is 0 Å². The number of nitrogens with one attached hydrogen (secondary N) is 1. The van der Waals surface area contributed by atoms with Crippen LogP contribution in [0.15, 0.2) is 46.5 Å². The second kappa shape index (κ2) is 6.01. The Kier molecular flexibility index (Phi) is 3.91. The lowest BCUT2D eigenvalue weighted by atomic mass is 10.2. The van der Waals surface area contributed by atoms with Gasteiger partial charge in [-0.3, -0.25) is 9.36 Å². The molecule has 0 unspecified atom stereocenters. The quantitative estimate of drug-likeness (QED) is 0.728. The van der Waals surface area contributed by atoms with Gasteiger partial charge in [-0.1, -0.05) is 11.6 Å². The number of unbranched alkanes of at least 4 members (excludes halogenated alkanes) is 1. The first kappa shape index (κ1) is 14.3. The molecule has 2 heterocycles. The summed E-state index contributed by atoms with van der Waals surface area (Å²) in [5.41, 5.74) is 1.03. The zero-order valence-electron chi connectivity index (χ0n) is 12.5. The highest BCUT2D eigenvalue weighted by atomic mass is 16.2. The number of hydrogen-bond acceptors (Lipinski definition) is 3. The van der Waals surface area contributed by atoms with Crippen LogP contribution in [0.25, 0.3) is 10.9 Å². The highest BCUT2D eigenvalue weighted by molar-refractivity contribution is 5.77. The topological polar surface area (TPSA) is 72.7 Å². The lowest BCUT2D eigenvalue weighted by Crippen LogP contribution is -2.35. The normalized spacial score (nSPS) is 11.1. The molecule has 0 aliphatic heterocycles. The molecular formula is C16H18N4O2. The van der Waals surface area contributed by atoms with Crippen LogP contribution < -0.4 is 11.2 Å². The predicted octanol–water partition coefficient (Wildman–Crippen LogP) is 1.68. The summed E-state index contributed by atoms with van der Waals surface area (Å²) in [5.74, 6) is 0. The molecule has 1 N–H and O–H groups in total. The van der Waals surface area contributed by atoms with Crippen molar-refractivity contribution in [3.05, 3.63) is 63.3 Å². The van der Waals surface area contributed by atoms with Crippen LogP contribution in [0.4, 0.5) is 0 Å². The number of benzene rings is 1. The van der Waals surface area contributed by atoms with Gasteiger partial charge in [0, 0.05) is 25.5 Å². The Morgan fingerprint density at radius 3 is 2.77 bits per heavy atom. The summed E-state index contributed by atoms with van der Waals surface area (Å²) in [6.07, 6.45) is 7.04. The molecule has 2 aromatic heterocycles. The van der Waals surface area contributed by atoms with E-state index in [0.717, 1.165) is 24.9 Å². The number of aromatic amines is 1. The van der Waals surface area contributed by atoms with Gasteiger partial charge < -0.3 is 9.55 Å². The highest BCUT2D eigenvalue weighted by Gasteiger charge is 2.07. The van der Waals surface area contributed by atoms with Gasteiger partial charge in [0.05, 0.1) is 17.2 Å². The van der Waals surface area contributed by atoms with Crippen LogP contribution in [0.1, 0.15) is 18.4 Å². The summed E-state index contributed by atoms with van der Waals surface area (Å²) in [5, 5.41) is 0.564. The van der Waals surface area contributed by atoms with Crippen molar-refractivity contribution in [2.75, 3.05) is 0 Å². The van der Waals surface area contributed by atoms with Crippen molar-refractivity contribution in [3.63, 3.8) is 0 Å². The Morgan fingerprint density at radius 1 is 1.18 bits per heavy atom. The standard InChI is InChI=1S/C16H18N4O2/c1-12-4-5-14-13(10-12)15(21)20(16(22)18-14)8-3-2-7-19-9-6-17-11-19/h4-6,9-11H,2-3,7-8H2,1H3,(H,18,22). The lowest BCUT2D eigenvalue weighted by Gasteiger charge is -2.07.